The summed E-state index contributed by atoms with van der Waals surface area (Å²) >= 11 is 0. The minimum atomic E-state index is 0.619. The molecule has 0 radical (unpaired) electrons. The number of hydrogen-bond acceptors (Lipinski definition) is 0. The number of allylic oxidation sites excluding steroid dienone is 1. The van der Waals surface area contributed by atoms with Crippen molar-refractivity contribution in [3.05, 3.63) is 12.2 Å². The Kier molecular flexibility index (Phi) is 0.753. The van der Waals surface area contributed by atoms with Crippen molar-refractivity contribution in [1.82, 2.24) is 0 Å². The highest BCUT2D eigenvalue weighted by molar-refractivity contribution is 5.36. The largest absolute Gasteiger partial charge is 0.0995 e. The molecule has 1 spiro atoms. The van der Waals surface area contributed by atoms with Crippen molar-refractivity contribution in [1.29, 1.82) is 0 Å². The first kappa shape index (κ1) is 6.28. The van der Waals surface area contributed by atoms with Gasteiger partial charge < -0.3 is 0 Å². The van der Waals surface area contributed by atoms with Gasteiger partial charge >= 0.3 is 0 Å². The Morgan fingerprint density at radius 2 is 2.18 bits per heavy atom. The molecule has 3 saturated carbocycles. The number of hydrogen-bond donors (Lipinski definition) is 0. The fraction of sp³-hybridized carbons (Fsp3) is 0.818. The highest BCUT2D eigenvalue weighted by Gasteiger charge is 2.78. The zero-order valence-electron chi connectivity index (χ0n) is 7.48. The van der Waals surface area contributed by atoms with Gasteiger partial charge in [0.05, 0.1) is 0 Å². The molecule has 0 heterocycles. The van der Waals surface area contributed by atoms with Crippen LogP contribution < -0.4 is 0 Å². The summed E-state index contributed by atoms with van der Waals surface area (Å²) in [5.41, 5.74) is 2.98. The minimum absolute atomic E-state index is 0.619. The Bertz CT molecular complexity index is 243. The Hall–Kier alpha value is -0.260. The molecule has 0 N–H and O–H groups in total. The van der Waals surface area contributed by atoms with E-state index in [9.17, 15) is 0 Å². The first-order chi connectivity index (χ1) is 5.09. The van der Waals surface area contributed by atoms with Crippen LogP contribution in [0.5, 0.6) is 0 Å². The summed E-state index contributed by atoms with van der Waals surface area (Å²) in [6.45, 7) is 9.07. The lowest BCUT2D eigenvalue weighted by atomic mass is 9.56. The van der Waals surface area contributed by atoms with Gasteiger partial charge in [0.15, 0.2) is 0 Å². The molecule has 3 aliphatic rings. The Morgan fingerprint density at radius 1 is 1.45 bits per heavy atom. The van der Waals surface area contributed by atoms with Crippen LogP contribution in [0, 0.1) is 22.7 Å². The van der Waals surface area contributed by atoms with Crippen molar-refractivity contribution < 1.29 is 0 Å². The van der Waals surface area contributed by atoms with Gasteiger partial charge in [-0.2, -0.15) is 0 Å². The molecular weight excluding hydrogens is 132 g/mol. The van der Waals surface area contributed by atoms with Gasteiger partial charge in [0.25, 0.3) is 0 Å². The predicted molar refractivity (Wildman–Crippen MR) is 46.2 cm³/mol. The van der Waals surface area contributed by atoms with Gasteiger partial charge in [0.1, 0.15) is 0 Å². The molecule has 0 bridgehead atoms. The van der Waals surface area contributed by atoms with Crippen LogP contribution in [-0.2, 0) is 0 Å². The van der Waals surface area contributed by atoms with Crippen LogP contribution in [0.15, 0.2) is 12.2 Å². The monoisotopic (exact) mass is 148 g/mol. The van der Waals surface area contributed by atoms with E-state index in [4.69, 9.17) is 0 Å². The van der Waals surface area contributed by atoms with E-state index in [1.54, 1.807) is 5.57 Å². The Balaban J connectivity index is 2.05. The van der Waals surface area contributed by atoms with E-state index < -0.39 is 0 Å². The van der Waals surface area contributed by atoms with E-state index in [0.717, 1.165) is 17.3 Å². The molecule has 60 valence electrons. The third-order valence-electron chi connectivity index (χ3n) is 4.65. The summed E-state index contributed by atoms with van der Waals surface area (Å²) in [6, 6.07) is 0. The first-order valence-electron chi connectivity index (χ1n) is 4.77. The van der Waals surface area contributed by atoms with Gasteiger partial charge in [-0.3, -0.25) is 0 Å². The van der Waals surface area contributed by atoms with Crippen molar-refractivity contribution >= 4 is 0 Å². The van der Waals surface area contributed by atoms with Gasteiger partial charge in [-0.05, 0) is 41.9 Å². The zero-order valence-corrected chi connectivity index (χ0v) is 7.48. The summed E-state index contributed by atoms with van der Waals surface area (Å²) in [7, 11) is 0. The molecule has 0 aromatic carbocycles. The summed E-state index contributed by atoms with van der Waals surface area (Å²) in [4.78, 5) is 0. The maximum atomic E-state index is 4.20. The van der Waals surface area contributed by atoms with Gasteiger partial charge in [-0.15, -0.1) is 0 Å². The molecule has 0 nitrogen and oxygen atoms in total. The van der Waals surface area contributed by atoms with Crippen molar-refractivity contribution in [2.45, 2.75) is 33.1 Å². The molecule has 3 unspecified atom stereocenters. The third kappa shape index (κ3) is 0.432. The SMILES string of the molecule is C=C1CCC23CC2C(C)(C)C13. The van der Waals surface area contributed by atoms with E-state index in [1.165, 1.54) is 19.3 Å². The van der Waals surface area contributed by atoms with Crippen molar-refractivity contribution in [3.63, 3.8) is 0 Å². The average Bonchev–Trinajstić information content (AvgIpc) is 2.45. The fourth-order valence-corrected chi connectivity index (χ4v) is 4.38. The Morgan fingerprint density at radius 3 is 2.73 bits per heavy atom. The maximum Gasteiger partial charge on any atom is -0.00920 e. The molecule has 0 amide bonds. The lowest BCUT2D eigenvalue weighted by molar-refractivity contribution is 0.0259. The molecule has 11 heavy (non-hydrogen) atoms. The first-order valence-corrected chi connectivity index (χ1v) is 4.77. The molecule has 3 fully saturated rings. The normalized spacial score (nSPS) is 56.4. The van der Waals surface area contributed by atoms with Gasteiger partial charge in [-0.25, -0.2) is 0 Å². The fourth-order valence-electron chi connectivity index (χ4n) is 4.38. The minimum Gasteiger partial charge on any atom is -0.0995 e. The van der Waals surface area contributed by atoms with Crippen LogP contribution in [0.1, 0.15) is 33.1 Å². The van der Waals surface area contributed by atoms with E-state index >= 15 is 0 Å². The van der Waals surface area contributed by atoms with Gasteiger partial charge in [-0.1, -0.05) is 26.0 Å². The van der Waals surface area contributed by atoms with Crippen LogP contribution in [0.2, 0.25) is 0 Å². The highest BCUT2D eigenvalue weighted by Crippen LogP contribution is 2.85. The third-order valence-corrected chi connectivity index (χ3v) is 4.65. The maximum absolute atomic E-state index is 4.20. The summed E-state index contributed by atoms with van der Waals surface area (Å²) in [6.07, 6.45) is 4.30. The van der Waals surface area contributed by atoms with Crippen LogP contribution in [0.4, 0.5) is 0 Å². The summed E-state index contributed by atoms with van der Waals surface area (Å²) in [5.74, 6) is 1.97. The van der Waals surface area contributed by atoms with Crippen LogP contribution in [0.25, 0.3) is 0 Å². The average molecular weight is 148 g/mol. The van der Waals surface area contributed by atoms with E-state index in [-0.39, 0.29) is 0 Å². The second-order valence-electron chi connectivity index (χ2n) is 5.40. The predicted octanol–water partition coefficient (Wildman–Crippen LogP) is 3.00. The molecule has 3 rings (SSSR count). The quantitative estimate of drug-likeness (QED) is 0.463. The lowest BCUT2D eigenvalue weighted by Crippen LogP contribution is -2.43. The lowest BCUT2D eigenvalue weighted by Gasteiger charge is -2.48. The smallest absolute Gasteiger partial charge is 0.00920 e. The van der Waals surface area contributed by atoms with Crippen LogP contribution in [-0.4, -0.2) is 0 Å². The Labute approximate surface area is 68.7 Å². The van der Waals surface area contributed by atoms with Crippen molar-refractivity contribution in [3.8, 4) is 0 Å². The molecule has 0 aliphatic heterocycles. The number of rotatable bonds is 0. The highest BCUT2D eigenvalue weighted by atomic mass is 14.8. The van der Waals surface area contributed by atoms with Gasteiger partial charge in [0, 0.05) is 0 Å². The van der Waals surface area contributed by atoms with E-state index in [0.29, 0.717) is 5.41 Å². The van der Waals surface area contributed by atoms with Crippen LogP contribution >= 0.6 is 0 Å². The summed E-state index contributed by atoms with van der Waals surface area (Å²) in [5, 5.41) is 0. The summed E-state index contributed by atoms with van der Waals surface area (Å²) < 4.78 is 0. The van der Waals surface area contributed by atoms with E-state index in [2.05, 4.69) is 20.4 Å². The molecule has 3 aliphatic carbocycles. The molecule has 0 saturated heterocycles. The standard InChI is InChI=1S/C11H16/c1-7-4-5-11-6-8(11)10(2,3)9(7)11/h8-9H,1,4-6H2,2-3H3. The second-order valence-corrected chi connectivity index (χ2v) is 5.40. The topological polar surface area (TPSA) is 0 Å². The molecule has 3 atom stereocenters. The molecule has 0 aromatic rings. The molecule has 0 aromatic heterocycles. The second kappa shape index (κ2) is 1.32. The van der Waals surface area contributed by atoms with Gasteiger partial charge in [0.2, 0.25) is 0 Å². The molecular formula is C11H16. The zero-order chi connectivity index (χ0) is 7.85. The van der Waals surface area contributed by atoms with E-state index in [1.807, 2.05) is 0 Å². The molecule has 0 heteroatoms. The van der Waals surface area contributed by atoms with Crippen LogP contribution in [0.3, 0.4) is 0 Å². The van der Waals surface area contributed by atoms with Crippen molar-refractivity contribution in [2.24, 2.45) is 22.7 Å². The van der Waals surface area contributed by atoms with Crippen molar-refractivity contribution in [2.75, 3.05) is 0 Å².